The van der Waals surface area contributed by atoms with Crippen molar-refractivity contribution in [1.82, 2.24) is 10.2 Å². The molecule has 1 N–H and O–H groups in total. The number of rotatable bonds is 6. The Kier molecular flexibility index (Phi) is 6.36. The van der Waals surface area contributed by atoms with E-state index in [0.29, 0.717) is 25.4 Å². The van der Waals surface area contributed by atoms with Crippen LogP contribution in [0, 0.1) is 0 Å². The molecule has 158 valence electrons. The van der Waals surface area contributed by atoms with Crippen molar-refractivity contribution >= 4 is 12.0 Å². The smallest absolute Gasteiger partial charge is 0.407 e. The van der Waals surface area contributed by atoms with E-state index < -0.39 is 6.09 Å². The van der Waals surface area contributed by atoms with Crippen molar-refractivity contribution < 1.29 is 14.3 Å². The lowest BCUT2D eigenvalue weighted by molar-refractivity contribution is -0.132. The second kappa shape index (κ2) is 9.33. The third-order valence-corrected chi connectivity index (χ3v) is 6.69. The monoisotopic (exact) mass is 406 g/mol. The van der Waals surface area contributed by atoms with E-state index in [1.54, 1.807) is 0 Å². The van der Waals surface area contributed by atoms with Crippen molar-refractivity contribution in [3.63, 3.8) is 0 Å². The molecule has 0 unspecified atom stereocenters. The van der Waals surface area contributed by atoms with E-state index in [2.05, 4.69) is 35.6 Å². The van der Waals surface area contributed by atoms with E-state index >= 15 is 0 Å². The van der Waals surface area contributed by atoms with Crippen LogP contribution in [0.1, 0.15) is 55.6 Å². The van der Waals surface area contributed by atoms with Crippen molar-refractivity contribution in [3.05, 3.63) is 71.8 Å². The van der Waals surface area contributed by atoms with E-state index in [-0.39, 0.29) is 18.1 Å². The molecule has 5 nitrogen and oxygen atoms in total. The summed E-state index contributed by atoms with van der Waals surface area (Å²) in [6.45, 7) is 1.15. The minimum absolute atomic E-state index is 0.0494. The van der Waals surface area contributed by atoms with Gasteiger partial charge < -0.3 is 15.0 Å². The number of nitrogens with one attached hydrogen (secondary N) is 1. The van der Waals surface area contributed by atoms with Gasteiger partial charge in [-0.1, -0.05) is 60.7 Å². The highest BCUT2D eigenvalue weighted by molar-refractivity contribution is 5.79. The molecule has 2 aliphatic rings. The second-order valence-electron chi connectivity index (χ2n) is 8.43. The van der Waals surface area contributed by atoms with E-state index in [1.165, 1.54) is 5.56 Å². The second-order valence-corrected chi connectivity index (χ2v) is 8.43. The molecule has 1 saturated carbocycles. The van der Waals surface area contributed by atoms with Crippen molar-refractivity contribution in [2.45, 2.75) is 56.5 Å². The first-order valence-corrected chi connectivity index (χ1v) is 11.0. The van der Waals surface area contributed by atoms with Crippen molar-refractivity contribution in [3.8, 4) is 0 Å². The normalized spacial score (nSPS) is 23.5. The van der Waals surface area contributed by atoms with Crippen LogP contribution < -0.4 is 5.32 Å². The first-order chi connectivity index (χ1) is 14.7. The maximum absolute atomic E-state index is 12.6. The van der Waals surface area contributed by atoms with Gasteiger partial charge in [0, 0.05) is 18.5 Å². The summed E-state index contributed by atoms with van der Waals surface area (Å²) in [6.07, 6.45) is 5.35. The van der Waals surface area contributed by atoms with Gasteiger partial charge in [-0.2, -0.15) is 0 Å². The predicted octanol–water partition coefficient (Wildman–Crippen LogP) is 4.63. The quantitative estimate of drug-likeness (QED) is 0.761. The molecular formula is C25H30N2O3. The molecule has 2 aromatic carbocycles. The molecule has 0 aromatic heterocycles. The summed E-state index contributed by atoms with van der Waals surface area (Å²) >= 11 is 0. The third-order valence-electron chi connectivity index (χ3n) is 6.69. The topological polar surface area (TPSA) is 58.6 Å². The van der Waals surface area contributed by atoms with Gasteiger partial charge in [-0.25, -0.2) is 4.79 Å². The Balaban J connectivity index is 1.26. The summed E-state index contributed by atoms with van der Waals surface area (Å²) in [4.78, 5) is 26.6. The van der Waals surface area contributed by atoms with E-state index in [1.807, 2.05) is 35.2 Å². The standard InChI is InChI=1S/C25H30N2O3/c28-23-13-16-25(14-11-22(12-15-25)21-9-5-2-6-10-21)27(23)17-18-30-24(29)26-19-20-7-3-1-4-8-20/h1-10,22H,11-19H2,(H,26,29). The number of alkyl carbamates (subject to hydrolysis) is 1. The number of hydrogen-bond donors (Lipinski definition) is 1. The molecule has 2 fully saturated rings. The lowest BCUT2D eigenvalue weighted by atomic mass is 9.73. The van der Waals surface area contributed by atoms with Gasteiger partial charge in [0.15, 0.2) is 0 Å². The first kappa shape index (κ1) is 20.5. The zero-order chi connectivity index (χ0) is 20.8. The van der Waals surface area contributed by atoms with E-state index in [9.17, 15) is 9.59 Å². The highest BCUT2D eigenvalue weighted by Crippen LogP contribution is 2.46. The summed E-state index contributed by atoms with van der Waals surface area (Å²) in [7, 11) is 0. The third kappa shape index (κ3) is 4.66. The van der Waals surface area contributed by atoms with Gasteiger partial charge in [0.1, 0.15) is 6.61 Å². The minimum atomic E-state index is -0.438. The van der Waals surface area contributed by atoms with Gasteiger partial charge in [-0.15, -0.1) is 0 Å². The number of likely N-dealkylation sites (tertiary alicyclic amines) is 1. The molecule has 2 amide bonds. The number of carbonyl (C=O) groups excluding carboxylic acids is 2. The van der Waals surface area contributed by atoms with Crippen LogP contribution in [0.2, 0.25) is 0 Å². The van der Waals surface area contributed by atoms with Gasteiger partial charge in [0.2, 0.25) is 5.91 Å². The lowest BCUT2D eigenvalue weighted by Gasteiger charge is -2.44. The lowest BCUT2D eigenvalue weighted by Crippen LogP contribution is -2.49. The Hall–Kier alpha value is -2.82. The van der Waals surface area contributed by atoms with Crippen LogP contribution in [-0.2, 0) is 16.1 Å². The summed E-state index contributed by atoms with van der Waals surface area (Å²) in [5, 5.41) is 2.77. The molecule has 30 heavy (non-hydrogen) atoms. The highest BCUT2D eigenvalue weighted by atomic mass is 16.5. The Morgan fingerprint density at radius 3 is 2.37 bits per heavy atom. The average Bonchev–Trinajstić information content (AvgIpc) is 3.09. The SMILES string of the molecule is O=C(NCc1ccccc1)OCCN1C(=O)CCC12CCC(c1ccccc1)CC2. The Morgan fingerprint density at radius 1 is 1.00 bits per heavy atom. The van der Waals surface area contributed by atoms with Gasteiger partial charge >= 0.3 is 6.09 Å². The Morgan fingerprint density at radius 2 is 1.67 bits per heavy atom. The molecule has 1 aliphatic carbocycles. The molecule has 1 spiro atoms. The van der Waals surface area contributed by atoms with Crippen LogP contribution in [0.15, 0.2) is 60.7 Å². The molecule has 5 heteroatoms. The van der Waals surface area contributed by atoms with Crippen LogP contribution in [0.4, 0.5) is 4.79 Å². The molecule has 0 atom stereocenters. The molecular weight excluding hydrogens is 376 g/mol. The number of carbonyl (C=O) groups is 2. The first-order valence-electron chi connectivity index (χ1n) is 11.0. The number of ether oxygens (including phenoxy) is 1. The van der Waals surface area contributed by atoms with E-state index in [0.717, 1.165) is 37.7 Å². The van der Waals surface area contributed by atoms with Gasteiger partial charge in [0.05, 0.1) is 6.54 Å². The Labute approximate surface area is 178 Å². The summed E-state index contributed by atoms with van der Waals surface area (Å²) < 4.78 is 5.35. The van der Waals surface area contributed by atoms with Crippen LogP contribution in [-0.4, -0.2) is 35.6 Å². The minimum Gasteiger partial charge on any atom is -0.448 e. The maximum atomic E-state index is 12.6. The van der Waals surface area contributed by atoms with Crippen molar-refractivity contribution in [2.75, 3.05) is 13.2 Å². The summed E-state index contributed by atoms with van der Waals surface area (Å²) in [5.74, 6) is 0.774. The van der Waals surface area contributed by atoms with Gasteiger partial charge in [-0.3, -0.25) is 4.79 Å². The summed E-state index contributed by atoms with van der Waals surface area (Å²) in [5.41, 5.74) is 2.38. The highest BCUT2D eigenvalue weighted by Gasteiger charge is 2.46. The van der Waals surface area contributed by atoms with Crippen LogP contribution >= 0.6 is 0 Å². The maximum Gasteiger partial charge on any atom is 0.407 e. The summed E-state index contributed by atoms with van der Waals surface area (Å²) in [6, 6.07) is 20.4. The van der Waals surface area contributed by atoms with Crippen molar-refractivity contribution in [2.24, 2.45) is 0 Å². The fourth-order valence-electron chi connectivity index (χ4n) is 5.02. The van der Waals surface area contributed by atoms with Crippen LogP contribution in [0.25, 0.3) is 0 Å². The number of hydrogen-bond acceptors (Lipinski definition) is 3. The van der Waals surface area contributed by atoms with E-state index in [4.69, 9.17) is 4.74 Å². The molecule has 0 bridgehead atoms. The van der Waals surface area contributed by atoms with Crippen molar-refractivity contribution in [1.29, 1.82) is 0 Å². The molecule has 1 aliphatic heterocycles. The molecule has 1 saturated heterocycles. The fourth-order valence-corrected chi connectivity index (χ4v) is 5.02. The van der Waals surface area contributed by atoms with Gasteiger partial charge in [-0.05, 0) is 49.1 Å². The number of nitrogens with zero attached hydrogens (tertiary/aromatic N) is 1. The van der Waals surface area contributed by atoms with Gasteiger partial charge in [0.25, 0.3) is 0 Å². The predicted molar refractivity (Wildman–Crippen MR) is 116 cm³/mol. The van der Waals surface area contributed by atoms with Crippen LogP contribution in [0.5, 0.6) is 0 Å². The molecule has 4 rings (SSSR count). The zero-order valence-electron chi connectivity index (χ0n) is 17.4. The fraction of sp³-hybridized carbons (Fsp3) is 0.440. The molecule has 2 aromatic rings. The molecule has 1 heterocycles. The zero-order valence-corrected chi connectivity index (χ0v) is 17.4. The van der Waals surface area contributed by atoms with Crippen LogP contribution in [0.3, 0.4) is 0 Å². The number of benzene rings is 2. The number of amides is 2. The average molecular weight is 407 g/mol. The Bertz CT molecular complexity index is 845. The largest absolute Gasteiger partial charge is 0.448 e. The molecule has 0 radical (unpaired) electrons.